The molecule has 0 aromatic heterocycles. The topological polar surface area (TPSA) is 90.9 Å². The van der Waals surface area contributed by atoms with Gasteiger partial charge >= 0.3 is 5.97 Å². The zero-order valence-electron chi connectivity index (χ0n) is 16.7. The Balaban J connectivity index is 2.31. The Morgan fingerprint density at radius 3 is 2.34 bits per heavy atom. The minimum absolute atomic E-state index is 0.0237. The van der Waals surface area contributed by atoms with Gasteiger partial charge in [-0.2, -0.15) is 0 Å². The Morgan fingerprint density at radius 1 is 1.07 bits per heavy atom. The second-order valence-electron chi connectivity index (χ2n) is 6.05. The number of rotatable bonds is 9. The van der Waals surface area contributed by atoms with Crippen LogP contribution < -0.4 is 14.2 Å². The molecule has 2 aromatic rings. The first kappa shape index (κ1) is 23.0. The molecule has 0 aliphatic carbocycles. The smallest absolute Gasteiger partial charge is 0.339 e. The summed E-state index contributed by atoms with van der Waals surface area (Å²) in [6.45, 7) is 6.37. The number of sulfonamides is 1. The summed E-state index contributed by atoms with van der Waals surface area (Å²) in [5.41, 5.74) is 0.673. The summed E-state index contributed by atoms with van der Waals surface area (Å²) in [7, 11) is -2.73. The fraction of sp³-hybridized carbons (Fsp3) is 0.350. The van der Waals surface area contributed by atoms with Crippen LogP contribution in [0, 0.1) is 0 Å². The third kappa shape index (κ3) is 5.62. The van der Waals surface area contributed by atoms with Gasteiger partial charge in [0.1, 0.15) is 0 Å². The van der Waals surface area contributed by atoms with Crippen LogP contribution in [-0.2, 0) is 14.8 Å². The normalized spacial score (nSPS) is 12.3. The molecule has 0 radical (unpaired) electrons. The lowest BCUT2D eigenvalue weighted by molar-refractivity contribution is 0.0600. The lowest BCUT2D eigenvalue weighted by Gasteiger charge is -2.18. The zero-order valence-corrected chi connectivity index (χ0v) is 18.3. The first-order valence-electron chi connectivity index (χ1n) is 9.03. The molecule has 1 atom stereocenters. The standard InChI is InChI=1S/C20H24ClNO6S/c1-5-27-18-10-7-14(11-19(18)28-6-2)13(3)22-29(24,25)15-8-9-17(21)16(12-15)20(23)26-4/h7-13,22H,5-6H2,1-4H3. The molecule has 0 heterocycles. The number of carbonyl (C=O) groups excluding carboxylic acids is 1. The summed E-state index contributed by atoms with van der Waals surface area (Å²) in [6.07, 6.45) is 0. The lowest BCUT2D eigenvalue weighted by Crippen LogP contribution is -2.27. The predicted octanol–water partition coefficient (Wildman–Crippen LogP) is 3.96. The van der Waals surface area contributed by atoms with Gasteiger partial charge < -0.3 is 14.2 Å². The van der Waals surface area contributed by atoms with Crippen molar-refractivity contribution < 1.29 is 27.4 Å². The molecule has 0 spiro atoms. The molecule has 0 bridgehead atoms. The van der Waals surface area contributed by atoms with E-state index < -0.39 is 22.0 Å². The SMILES string of the molecule is CCOc1ccc(C(C)NS(=O)(=O)c2ccc(Cl)c(C(=O)OC)c2)cc1OCC. The molecule has 0 aliphatic heterocycles. The van der Waals surface area contributed by atoms with Crippen molar-refractivity contribution in [3.8, 4) is 11.5 Å². The maximum Gasteiger partial charge on any atom is 0.339 e. The van der Waals surface area contributed by atoms with Crippen LogP contribution in [0.3, 0.4) is 0 Å². The molecule has 9 heteroatoms. The van der Waals surface area contributed by atoms with Crippen molar-refractivity contribution in [3.63, 3.8) is 0 Å². The molecule has 1 unspecified atom stereocenters. The van der Waals surface area contributed by atoms with Gasteiger partial charge in [0.15, 0.2) is 11.5 Å². The van der Waals surface area contributed by atoms with Crippen LogP contribution in [0.2, 0.25) is 5.02 Å². The maximum atomic E-state index is 12.8. The molecule has 0 saturated heterocycles. The number of methoxy groups -OCH3 is 1. The van der Waals surface area contributed by atoms with Crippen molar-refractivity contribution >= 4 is 27.6 Å². The predicted molar refractivity (Wildman–Crippen MR) is 110 cm³/mol. The summed E-state index contributed by atoms with van der Waals surface area (Å²) in [5, 5.41) is 0.108. The van der Waals surface area contributed by atoms with Crippen molar-refractivity contribution in [3.05, 3.63) is 52.5 Å². The minimum Gasteiger partial charge on any atom is -0.490 e. The number of benzene rings is 2. The molecule has 1 N–H and O–H groups in total. The highest BCUT2D eigenvalue weighted by Crippen LogP contribution is 2.31. The first-order valence-corrected chi connectivity index (χ1v) is 10.9. The molecule has 158 valence electrons. The van der Waals surface area contributed by atoms with E-state index in [2.05, 4.69) is 9.46 Å². The molecule has 0 fully saturated rings. The van der Waals surface area contributed by atoms with Crippen molar-refractivity contribution in [2.45, 2.75) is 31.7 Å². The van der Waals surface area contributed by atoms with E-state index in [1.807, 2.05) is 13.8 Å². The van der Waals surface area contributed by atoms with Gasteiger partial charge in [-0.15, -0.1) is 0 Å². The van der Waals surface area contributed by atoms with Gasteiger partial charge in [0.2, 0.25) is 10.0 Å². The Kier molecular flexibility index (Phi) is 7.89. The van der Waals surface area contributed by atoms with Crippen molar-refractivity contribution in [2.75, 3.05) is 20.3 Å². The fourth-order valence-corrected chi connectivity index (χ4v) is 4.10. The van der Waals surface area contributed by atoms with Crippen LogP contribution in [-0.4, -0.2) is 34.7 Å². The minimum atomic E-state index is -3.92. The van der Waals surface area contributed by atoms with Crippen LogP contribution in [0.4, 0.5) is 0 Å². The molecule has 0 saturated carbocycles. The molecular weight excluding hydrogens is 418 g/mol. The van der Waals surface area contributed by atoms with E-state index in [0.29, 0.717) is 30.3 Å². The van der Waals surface area contributed by atoms with Crippen LogP contribution >= 0.6 is 11.6 Å². The molecule has 0 aliphatic rings. The van der Waals surface area contributed by atoms with Gasteiger partial charge in [-0.05, 0) is 56.7 Å². The van der Waals surface area contributed by atoms with Gasteiger partial charge in [-0.1, -0.05) is 17.7 Å². The zero-order chi connectivity index (χ0) is 21.6. The summed E-state index contributed by atoms with van der Waals surface area (Å²) in [4.78, 5) is 11.7. The Hall–Kier alpha value is -2.29. The Labute approximate surface area is 176 Å². The van der Waals surface area contributed by atoms with Gasteiger partial charge in [0.05, 0.1) is 35.8 Å². The van der Waals surface area contributed by atoms with E-state index in [9.17, 15) is 13.2 Å². The molecule has 2 rings (SSSR count). The van der Waals surface area contributed by atoms with Gasteiger partial charge in [-0.3, -0.25) is 0 Å². The second-order valence-corrected chi connectivity index (χ2v) is 8.17. The van der Waals surface area contributed by atoms with Crippen LogP contribution in [0.5, 0.6) is 11.5 Å². The Bertz CT molecular complexity index is 977. The number of hydrogen-bond donors (Lipinski definition) is 1. The van der Waals surface area contributed by atoms with Crippen LogP contribution in [0.25, 0.3) is 0 Å². The molecule has 0 amide bonds. The van der Waals surface area contributed by atoms with Gasteiger partial charge in [0.25, 0.3) is 0 Å². The third-order valence-corrected chi connectivity index (χ3v) is 5.92. The molecule has 2 aromatic carbocycles. The number of esters is 1. The fourth-order valence-electron chi connectivity index (χ4n) is 2.64. The number of ether oxygens (including phenoxy) is 3. The van der Waals surface area contributed by atoms with E-state index in [4.69, 9.17) is 21.1 Å². The average molecular weight is 442 g/mol. The summed E-state index contributed by atoms with van der Waals surface area (Å²) >= 11 is 5.97. The second kappa shape index (κ2) is 9.96. The van der Waals surface area contributed by atoms with E-state index in [-0.39, 0.29) is 15.5 Å². The molecular formula is C20H24ClNO6S. The highest BCUT2D eigenvalue weighted by Gasteiger charge is 2.22. The van der Waals surface area contributed by atoms with Gasteiger partial charge in [-0.25, -0.2) is 17.9 Å². The van der Waals surface area contributed by atoms with Crippen molar-refractivity contribution in [1.29, 1.82) is 0 Å². The highest BCUT2D eigenvalue weighted by atomic mass is 35.5. The Morgan fingerprint density at radius 2 is 1.72 bits per heavy atom. The number of nitrogens with one attached hydrogen (secondary N) is 1. The summed E-state index contributed by atoms with van der Waals surface area (Å²) < 4.78 is 44.0. The van der Waals surface area contributed by atoms with Crippen LogP contribution in [0.15, 0.2) is 41.3 Å². The van der Waals surface area contributed by atoms with E-state index >= 15 is 0 Å². The van der Waals surface area contributed by atoms with Gasteiger partial charge in [0, 0.05) is 6.04 Å². The first-order chi connectivity index (χ1) is 13.7. The van der Waals surface area contributed by atoms with E-state index in [1.165, 1.54) is 25.3 Å². The quantitative estimate of drug-likeness (QED) is 0.592. The maximum absolute atomic E-state index is 12.8. The largest absolute Gasteiger partial charge is 0.490 e. The number of halogens is 1. The molecule has 29 heavy (non-hydrogen) atoms. The average Bonchev–Trinajstić information content (AvgIpc) is 2.68. The monoisotopic (exact) mass is 441 g/mol. The lowest BCUT2D eigenvalue weighted by atomic mass is 10.1. The van der Waals surface area contributed by atoms with Crippen LogP contribution in [0.1, 0.15) is 42.7 Å². The molecule has 7 nitrogen and oxygen atoms in total. The van der Waals surface area contributed by atoms with E-state index in [1.54, 1.807) is 25.1 Å². The number of carbonyl (C=O) groups is 1. The summed E-state index contributed by atoms with van der Waals surface area (Å²) in [6, 6.07) is 8.54. The van der Waals surface area contributed by atoms with Crippen molar-refractivity contribution in [1.82, 2.24) is 4.72 Å². The highest BCUT2D eigenvalue weighted by molar-refractivity contribution is 7.89. The van der Waals surface area contributed by atoms with E-state index in [0.717, 1.165) is 0 Å². The van der Waals surface area contributed by atoms with Crippen molar-refractivity contribution in [2.24, 2.45) is 0 Å². The number of hydrogen-bond acceptors (Lipinski definition) is 6. The third-order valence-electron chi connectivity index (χ3n) is 4.05. The summed E-state index contributed by atoms with van der Waals surface area (Å²) in [5.74, 6) is 0.416.